The maximum atomic E-state index is 11.4. The number of benzene rings is 1. The Morgan fingerprint density at radius 2 is 2.20 bits per heavy atom. The molecule has 0 N–H and O–H groups in total. The maximum absolute atomic E-state index is 11.4. The lowest BCUT2D eigenvalue weighted by atomic mass is 10.2. The van der Waals surface area contributed by atoms with Crippen molar-refractivity contribution in [2.45, 2.75) is 0 Å². The maximum Gasteiger partial charge on any atom is 0.439 e. The lowest BCUT2D eigenvalue weighted by molar-refractivity contribution is -0.120. The number of hydrogen-bond donors (Lipinski definition) is 0. The minimum Gasteiger partial charge on any atom is -0.482 e. The standard InChI is InChI=1S/C9H6ClNO4/c10-15-9(13)11-6-3-1-2-4-7(6)14-5-8(11)12/h1-4H,5H2. The van der Waals surface area contributed by atoms with E-state index in [1.807, 2.05) is 0 Å². The first-order chi connectivity index (χ1) is 7.24. The van der Waals surface area contributed by atoms with Crippen LogP contribution in [0.5, 0.6) is 5.75 Å². The summed E-state index contributed by atoms with van der Waals surface area (Å²) in [6.45, 7) is -0.205. The highest BCUT2D eigenvalue weighted by atomic mass is 35.5. The van der Waals surface area contributed by atoms with Gasteiger partial charge in [-0.25, -0.2) is 9.69 Å². The van der Waals surface area contributed by atoms with Gasteiger partial charge in [0.2, 0.25) is 0 Å². The predicted octanol–water partition coefficient (Wildman–Crippen LogP) is 1.70. The van der Waals surface area contributed by atoms with E-state index in [-0.39, 0.29) is 6.61 Å². The molecule has 2 amide bonds. The van der Waals surface area contributed by atoms with Crippen molar-refractivity contribution in [2.75, 3.05) is 11.5 Å². The highest BCUT2D eigenvalue weighted by molar-refractivity contribution is 6.21. The average molecular weight is 228 g/mol. The predicted molar refractivity (Wildman–Crippen MR) is 51.8 cm³/mol. The molecule has 78 valence electrons. The molecule has 15 heavy (non-hydrogen) atoms. The number of ether oxygens (including phenoxy) is 1. The van der Waals surface area contributed by atoms with Gasteiger partial charge in [-0.3, -0.25) is 4.79 Å². The number of carbonyl (C=O) groups excluding carboxylic acids is 2. The van der Waals surface area contributed by atoms with Crippen LogP contribution in [0.3, 0.4) is 0 Å². The Kier molecular flexibility index (Phi) is 2.47. The number of halogens is 1. The normalized spacial score (nSPS) is 14.2. The van der Waals surface area contributed by atoms with Gasteiger partial charge in [-0.15, -0.1) is 0 Å². The minimum absolute atomic E-state index is 0.205. The molecule has 0 saturated heterocycles. The molecule has 0 aromatic heterocycles. The van der Waals surface area contributed by atoms with E-state index in [1.165, 1.54) is 0 Å². The van der Waals surface area contributed by atoms with Gasteiger partial charge in [0.05, 0.1) is 5.69 Å². The van der Waals surface area contributed by atoms with Gasteiger partial charge in [-0.05, 0) is 12.1 Å². The van der Waals surface area contributed by atoms with Gasteiger partial charge in [0, 0.05) is 0 Å². The number of anilines is 1. The fourth-order valence-electron chi connectivity index (χ4n) is 1.34. The van der Waals surface area contributed by atoms with Gasteiger partial charge in [-0.2, -0.15) is 0 Å². The molecule has 1 aliphatic heterocycles. The van der Waals surface area contributed by atoms with Crippen LogP contribution in [0.25, 0.3) is 0 Å². The van der Waals surface area contributed by atoms with Crippen molar-refractivity contribution >= 4 is 29.6 Å². The third kappa shape index (κ3) is 1.61. The molecule has 1 aromatic carbocycles. The third-order valence-corrected chi connectivity index (χ3v) is 2.09. The highest BCUT2D eigenvalue weighted by Crippen LogP contribution is 2.31. The molecule has 0 aliphatic carbocycles. The van der Waals surface area contributed by atoms with Gasteiger partial charge in [0.25, 0.3) is 5.91 Å². The second kappa shape index (κ2) is 3.78. The number of imide groups is 1. The van der Waals surface area contributed by atoms with E-state index in [0.717, 1.165) is 4.90 Å². The van der Waals surface area contributed by atoms with E-state index in [4.69, 9.17) is 16.6 Å². The van der Waals surface area contributed by atoms with E-state index in [0.29, 0.717) is 11.4 Å². The zero-order valence-electron chi connectivity index (χ0n) is 7.47. The summed E-state index contributed by atoms with van der Waals surface area (Å²) in [6.07, 6.45) is -0.933. The average Bonchev–Trinajstić information content (AvgIpc) is 2.28. The summed E-state index contributed by atoms with van der Waals surface area (Å²) in [5.41, 5.74) is 0.333. The van der Waals surface area contributed by atoms with Crippen molar-refractivity contribution in [2.24, 2.45) is 0 Å². The first-order valence-corrected chi connectivity index (χ1v) is 4.42. The fraction of sp³-hybridized carbons (Fsp3) is 0.111. The number of hydrogen-bond acceptors (Lipinski definition) is 4. The van der Waals surface area contributed by atoms with E-state index in [2.05, 4.69) is 4.29 Å². The first-order valence-electron chi connectivity index (χ1n) is 4.11. The number of rotatable bonds is 0. The quantitative estimate of drug-likeness (QED) is 0.677. The molecule has 1 heterocycles. The third-order valence-electron chi connectivity index (χ3n) is 1.96. The van der Waals surface area contributed by atoms with Crippen LogP contribution in [0.4, 0.5) is 10.5 Å². The summed E-state index contributed by atoms with van der Waals surface area (Å²) in [5.74, 6) is -0.0708. The Bertz CT molecular complexity index is 420. The molecule has 1 aliphatic rings. The molecule has 6 heteroatoms. The molecule has 1 aromatic rings. The van der Waals surface area contributed by atoms with Gasteiger partial charge < -0.3 is 9.03 Å². The van der Waals surface area contributed by atoms with Crippen LogP contribution in [0.2, 0.25) is 0 Å². The largest absolute Gasteiger partial charge is 0.482 e. The van der Waals surface area contributed by atoms with Crippen molar-refractivity contribution in [1.82, 2.24) is 0 Å². The van der Waals surface area contributed by atoms with Crippen LogP contribution in [0.1, 0.15) is 0 Å². The van der Waals surface area contributed by atoms with Crippen LogP contribution in [-0.2, 0) is 9.08 Å². The highest BCUT2D eigenvalue weighted by Gasteiger charge is 2.31. The van der Waals surface area contributed by atoms with Crippen LogP contribution in [0, 0.1) is 0 Å². The van der Waals surface area contributed by atoms with Crippen molar-refractivity contribution in [3.05, 3.63) is 24.3 Å². The van der Waals surface area contributed by atoms with Crippen LogP contribution < -0.4 is 9.64 Å². The molecule has 0 radical (unpaired) electrons. The lowest BCUT2D eigenvalue weighted by Gasteiger charge is -2.25. The number of nitrogens with zero attached hydrogens (tertiary/aromatic N) is 1. The molecule has 0 saturated carbocycles. The molecular weight excluding hydrogens is 222 g/mol. The van der Waals surface area contributed by atoms with Crippen LogP contribution in [0.15, 0.2) is 24.3 Å². The second-order valence-electron chi connectivity index (χ2n) is 2.83. The number of amides is 2. The lowest BCUT2D eigenvalue weighted by Crippen LogP contribution is -2.42. The molecule has 0 bridgehead atoms. The molecule has 5 nitrogen and oxygen atoms in total. The van der Waals surface area contributed by atoms with Gasteiger partial charge in [0.15, 0.2) is 6.61 Å². The van der Waals surface area contributed by atoms with Crippen molar-refractivity contribution in [3.8, 4) is 5.75 Å². The zero-order chi connectivity index (χ0) is 10.8. The Labute approximate surface area is 90.3 Å². The van der Waals surface area contributed by atoms with Gasteiger partial charge >= 0.3 is 6.09 Å². The Morgan fingerprint density at radius 1 is 1.47 bits per heavy atom. The number of para-hydroxylation sites is 2. The summed E-state index contributed by atoms with van der Waals surface area (Å²) in [7, 11) is 0. The van der Waals surface area contributed by atoms with Gasteiger partial charge in [-0.1, -0.05) is 12.1 Å². The molecule has 0 fully saturated rings. The monoisotopic (exact) mass is 227 g/mol. The zero-order valence-corrected chi connectivity index (χ0v) is 8.23. The van der Waals surface area contributed by atoms with Crippen molar-refractivity contribution in [3.63, 3.8) is 0 Å². The Hall–Kier alpha value is -1.75. The van der Waals surface area contributed by atoms with Crippen molar-refractivity contribution in [1.29, 1.82) is 0 Å². The van der Waals surface area contributed by atoms with Crippen LogP contribution >= 0.6 is 11.9 Å². The summed E-state index contributed by atoms with van der Waals surface area (Å²) in [5, 5.41) is 0. The molecule has 0 spiro atoms. The molecular formula is C9H6ClNO4. The summed E-state index contributed by atoms with van der Waals surface area (Å²) >= 11 is 4.93. The van der Waals surface area contributed by atoms with E-state index < -0.39 is 12.0 Å². The van der Waals surface area contributed by atoms with Crippen molar-refractivity contribution < 1.29 is 18.6 Å². The summed E-state index contributed by atoms with van der Waals surface area (Å²) in [6, 6.07) is 6.63. The number of carbonyl (C=O) groups is 2. The number of fused-ring (bicyclic) bond motifs is 1. The SMILES string of the molecule is O=C1COc2ccccc2N1C(=O)OCl. The topological polar surface area (TPSA) is 55.8 Å². The second-order valence-corrected chi connectivity index (χ2v) is 2.98. The van der Waals surface area contributed by atoms with E-state index >= 15 is 0 Å². The van der Waals surface area contributed by atoms with E-state index in [1.54, 1.807) is 24.3 Å². The van der Waals surface area contributed by atoms with Crippen LogP contribution in [-0.4, -0.2) is 18.6 Å². The first kappa shape index (κ1) is 9.79. The molecule has 0 atom stereocenters. The fourth-order valence-corrected chi connectivity index (χ4v) is 1.41. The molecule has 0 unspecified atom stereocenters. The van der Waals surface area contributed by atoms with Gasteiger partial charge in [0.1, 0.15) is 17.6 Å². The smallest absolute Gasteiger partial charge is 0.439 e. The summed E-state index contributed by atoms with van der Waals surface area (Å²) in [4.78, 5) is 23.5. The minimum atomic E-state index is -0.933. The Balaban J connectivity index is 2.46. The summed E-state index contributed by atoms with van der Waals surface area (Å²) < 4.78 is 9.12. The van der Waals surface area contributed by atoms with E-state index in [9.17, 15) is 9.59 Å². The Morgan fingerprint density at radius 3 is 2.93 bits per heavy atom. The molecule has 2 rings (SSSR count).